The molecule has 2 aliphatic rings. The molecule has 2 aliphatic heterocycles. The van der Waals surface area contributed by atoms with Crippen molar-refractivity contribution in [2.24, 2.45) is 0 Å². The van der Waals surface area contributed by atoms with Crippen molar-refractivity contribution in [2.75, 3.05) is 37.6 Å². The number of nitrogens with zero attached hydrogens (tertiary/aromatic N) is 3. The number of carbonyl (C=O) groups excluding carboxylic acids is 2. The molecule has 124 valence electrons. The third-order valence-corrected chi connectivity index (χ3v) is 5.02. The first-order valence-corrected chi connectivity index (χ1v) is 8.41. The Labute approximate surface area is 137 Å². The van der Waals surface area contributed by atoms with E-state index in [1.807, 2.05) is 32.0 Å². The number of aryl methyl sites for hydroxylation is 2. The van der Waals surface area contributed by atoms with Crippen LogP contribution in [0.15, 0.2) is 18.2 Å². The maximum Gasteiger partial charge on any atom is 0.251 e. The average molecular weight is 315 g/mol. The molecule has 0 aliphatic carbocycles. The van der Waals surface area contributed by atoms with Crippen LogP contribution in [-0.2, 0) is 9.59 Å². The first-order chi connectivity index (χ1) is 11.0. The van der Waals surface area contributed by atoms with Crippen LogP contribution in [0.5, 0.6) is 0 Å². The molecule has 5 nitrogen and oxygen atoms in total. The molecule has 0 bridgehead atoms. The second-order valence-electron chi connectivity index (χ2n) is 6.55. The molecule has 2 amide bonds. The van der Waals surface area contributed by atoms with E-state index in [1.165, 1.54) is 4.90 Å². The van der Waals surface area contributed by atoms with Gasteiger partial charge in [-0.15, -0.1) is 0 Å². The molecule has 1 aromatic rings. The van der Waals surface area contributed by atoms with Gasteiger partial charge in [0.05, 0.1) is 18.2 Å². The number of likely N-dealkylation sites (N-methyl/N-ethyl adjacent to an activating group) is 1. The number of piperazine rings is 1. The molecule has 2 saturated heterocycles. The van der Waals surface area contributed by atoms with Crippen molar-refractivity contribution >= 4 is 17.5 Å². The highest BCUT2D eigenvalue weighted by Gasteiger charge is 2.43. The number of carbonyl (C=O) groups is 2. The minimum atomic E-state index is -0.290. The lowest BCUT2D eigenvalue weighted by molar-refractivity contribution is -0.123. The zero-order valence-corrected chi connectivity index (χ0v) is 14.2. The van der Waals surface area contributed by atoms with E-state index in [4.69, 9.17) is 0 Å². The molecule has 0 unspecified atom stereocenters. The predicted octanol–water partition coefficient (Wildman–Crippen LogP) is 1.57. The largest absolute Gasteiger partial charge is 0.301 e. The van der Waals surface area contributed by atoms with Gasteiger partial charge >= 0.3 is 0 Å². The van der Waals surface area contributed by atoms with Gasteiger partial charge < -0.3 is 4.90 Å². The minimum absolute atomic E-state index is 0.0614. The van der Waals surface area contributed by atoms with Crippen molar-refractivity contribution in [3.05, 3.63) is 29.3 Å². The molecule has 0 radical (unpaired) electrons. The molecular weight excluding hydrogens is 290 g/mol. The van der Waals surface area contributed by atoms with Crippen LogP contribution >= 0.6 is 0 Å². The fraction of sp³-hybridized carbons (Fsp3) is 0.556. The standard InChI is InChI=1S/C18H25N3O2/c1-4-19-7-9-20(10-8-19)16-12-17(22)21(18(16)23)15-11-13(2)5-6-14(15)3/h5-6,11,16H,4,7-10,12H2,1-3H3/t16-/m0/s1. The van der Waals surface area contributed by atoms with Gasteiger partial charge in [0.1, 0.15) is 0 Å². The van der Waals surface area contributed by atoms with Gasteiger partial charge in [0.15, 0.2) is 0 Å². The molecule has 0 aromatic heterocycles. The van der Waals surface area contributed by atoms with Gasteiger partial charge in [0.2, 0.25) is 5.91 Å². The first-order valence-electron chi connectivity index (χ1n) is 8.41. The Balaban J connectivity index is 1.79. The van der Waals surface area contributed by atoms with Gasteiger partial charge in [0.25, 0.3) is 5.91 Å². The van der Waals surface area contributed by atoms with E-state index in [9.17, 15) is 9.59 Å². The molecule has 1 aromatic carbocycles. The molecule has 5 heteroatoms. The highest BCUT2D eigenvalue weighted by molar-refractivity contribution is 6.22. The summed E-state index contributed by atoms with van der Waals surface area (Å²) in [6, 6.07) is 5.62. The maximum atomic E-state index is 12.9. The predicted molar refractivity (Wildman–Crippen MR) is 90.5 cm³/mol. The molecular formula is C18H25N3O2. The van der Waals surface area contributed by atoms with Crippen LogP contribution < -0.4 is 4.90 Å². The second-order valence-corrected chi connectivity index (χ2v) is 6.55. The number of hydrogen-bond donors (Lipinski definition) is 0. The van der Waals surface area contributed by atoms with E-state index in [1.54, 1.807) is 0 Å². The highest BCUT2D eigenvalue weighted by Crippen LogP contribution is 2.29. The Bertz CT molecular complexity index is 621. The molecule has 23 heavy (non-hydrogen) atoms. The summed E-state index contributed by atoms with van der Waals surface area (Å²) in [5, 5.41) is 0. The quantitative estimate of drug-likeness (QED) is 0.794. The fourth-order valence-corrected chi connectivity index (χ4v) is 3.51. The monoisotopic (exact) mass is 315 g/mol. The fourth-order valence-electron chi connectivity index (χ4n) is 3.51. The lowest BCUT2D eigenvalue weighted by Gasteiger charge is -2.36. The van der Waals surface area contributed by atoms with E-state index in [2.05, 4.69) is 16.7 Å². The summed E-state index contributed by atoms with van der Waals surface area (Å²) in [7, 11) is 0. The van der Waals surface area contributed by atoms with Gasteiger partial charge in [-0.3, -0.25) is 14.5 Å². The van der Waals surface area contributed by atoms with Crippen LogP contribution in [0.2, 0.25) is 0 Å². The van der Waals surface area contributed by atoms with Gasteiger partial charge in [0, 0.05) is 26.2 Å². The van der Waals surface area contributed by atoms with Gasteiger partial charge in [-0.05, 0) is 37.6 Å². The topological polar surface area (TPSA) is 43.9 Å². The highest BCUT2D eigenvalue weighted by atomic mass is 16.2. The molecule has 2 heterocycles. The Kier molecular flexibility index (Phi) is 4.50. The second kappa shape index (κ2) is 6.42. The Morgan fingerprint density at radius 2 is 1.78 bits per heavy atom. The molecule has 3 rings (SSSR count). The van der Waals surface area contributed by atoms with E-state index in [0.717, 1.165) is 49.5 Å². The van der Waals surface area contributed by atoms with Gasteiger partial charge in [-0.25, -0.2) is 4.90 Å². The summed E-state index contributed by atoms with van der Waals surface area (Å²) < 4.78 is 0. The van der Waals surface area contributed by atoms with Crippen LogP contribution in [0.3, 0.4) is 0 Å². The summed E-state index contributed by atoms with van der Waals surface area (Å²) in [4.78, 5) is 31.3. The molecule has 1 atom stereocenters. The summed E-state index contributed by atoms with van der Waals surface area (Å²) >= 11 is 0. The van der Waals surface area contributed by atoms with Gasteiger partial charge in [-0.1, -0.05) is 19.1 Å². The number of benzene rings is 1. The van der Waals surface area contributed by atoms with Gasteiger partial charge in [-0.2, -0.15) is 0 Å². The van der Waals surface area contributed by atoms with Crippen molar-refractivity contribution in [2.45, 2.75) is 33.2 Å². The summed E-state index contributed by atoms with van der Waals surface area (Å²) in [5.74, 6) is -0.139. The van der Waals surface area contributed by atoms with Crippen LogP contribution in [-0.4, -0.2) is 60.4 Å². The van der Waals surface area contributed by atoms with Crippen molar-refractivity contribution in [3.63, 3.8) is 0 Å². The Morgan fingerprint density at radius 3 is 2.43 bits per heavy atom. The number of anilines is 1. The smallest absolute Gasteiger partial charge is 0.251 e. The lowest BCUT2D eigenvalue weighted by Crippen LogP contribution is -2.52. The number of hydrogen-bond acceptors (Lipinski definition) is 4. The normalized spacial score (nSPS) is 23.8. The number of imide groups is 1. The van der Waals surface area contributed by atoms with Crippen molar-refractivity contribution in [1.82, 2.24) is 9.80 Å². The zero-order chi connectivity index (χ0) is 16.6. The SMILES string of the molecule is CCN1CCN([C@H]2CC(=O)N(c3cc(C)ccc3C)C2=O)CC1. The van der Waals surface area contributed by atoms with Crippen molar-refractivity contribution in [1.29, 1.82) is 0 Å². The van der Waals surface area contributed by atoms with Crippen LogP contribution in [0, 0.1) is 13.8 Å². The third kappa shape index (κ3) is 3.03. The maximum absolute atomic E-state index is 12.9. The third-order valence-electron chi connectivity index (χ3n) is 5.02. The lowest BCUT2D eigenvalue weighted by atomic mass is 10.1. The molecule has 0 spiro atoms. The van der Waals surface area contributed by atoms with Crippen LogP contribution in [0.25, 0.3) is 0 Å². The number of rotatable bonds is 3. The average Bonchev–Trinajstić information content (AvgIpc) is 2.85. The summed E-state index contributed by atoms with van der Waals surface area (Å²) in [6.07, 6.45) is 0.304. The van der Waals surface area contributed by atoms with Crippen molar-refractivity contribution < 1.29 is 9.59 Å². The summed E-state index contributed by atoms with van der Waals surface area (Å²) in [5.41, 5.74) is 2.77. The molecule has 0 N–H and O–H groups in total. The molecule has 2 fully saturated rings. The molecule has 0 saturated carbocycles. The van der Waals surface area contributed by atoms with E-state index in [0.29, 0.717) is 6.42 Å². The van der Waals surface area contributed by atoms with E-state index in [-0.39, 0.29) is 17.9 Å². The minimum Gasteiger partial charge on any atom is -0.301 e. The number of amides is 2. The zero-order valence-electron chi connectivity index (χ0n) is 14.2. The first kappa shape index (κ1) is 16.1. The Morgan fingerprint density at radius 1 is 1.09 bits per heavy atom. The Hall–Kier alpha value is -1.72. The van der Waals surface area contributed by atoms with Crippen LogP contribution in [0.1, 0.15) is 24.5 Å². The summed E-state index contributed by atoms with van der Waals surface area (Å²) in [6.45, 7) is 10.8. The van der Waals surface area contributed by atoms with Crippen molar-refractivity contribution in [3.8, 4) is 0 Å². The van der Waals surface area contributed by atoms with E-state index >= 15 is 0 Å². The van der Waals surface area contributed by atoms with E-state index < -0.39 is 0 Å². The van der Waals surface area contributed by atoms with Crippen LogP contribution in [0.4, 0.5) is 5.69 Å².